The first-order valence-corrected chi connectivity index (χ1v) is 9.13. The fourth-order valence-electron chi connectivity index (χ4n) is 2.69. The lowest BCUT2D eigenvalue weighted by atomic mass is 10.1. The third-order valence-electron chi connectivity index (χ3n) is 4.16. The van der Waals surface area contributed by atoms with E-state index in [4.69, 9.17) is 21.1 Å². The van der Waals surface area contributed by atoms with Gasteiger partial charge in [-0.05, 0) is 42.3 Å². The lowest BCUT2D eigenvalue weighted by Crippen LogP contribution is -2.15. The molecule has 3 rings (SSSR count). The number of aromatic amines is 1. The molecule has 6 nitrogen and oxygen atoms in total. The smallest absolute Gasteiger partial charge is 0.259 e. The molecule has 0 spiro atoms. The normalized spacial score (nSPS) is 10.5. The zero-order chi connectivity index (χ0) is 21.0. The van der Waals surface area contributed by atoms with Gasteiger partial charge in [0, 0.05) is 29.0 Å². The van der Waals surface area contributed by atoms with Gasteiger partial charge in [-0.15, -0.1) is 0 Å². The number of H-pyrrole nitrogens is 1. The molecule has 1 aromatic heterocycles. The maximum atomic E-state index is 14.0. The number of hydrogen-bond donors (Lipinski definition) is 2. The fourth-order valence-corrected chi connectivity index (χ4v) is 2.98. The number of benzene rings is 2. The minimum absolute atomic E-state index is 0.0787. The number of methoxy groups -OCH3 is 1. The Morgan fingerprint density at radius 2 is 1.97 bits per heavy atom. The Morgan fingerprint density at radius 3 is 2.62 bits per heavy atom. The van der Waals surface area contributed by atoms with Crippen molar-refractivity contribution in [3.05, 3.63) is 81.0 Å². The van der Waals surface area contributed by atoms with Crippen LogP contribution < -0.4 is 20.3 Å². The molecule has 0 saturated heterocycles. The molecular weight excluding hydrogens is 399 g/mol. The Labute approximate surface area is 171 Å². The lowest BCUT2D eigenvalue weighted by molar-refractivity contribution is 0.102. The van der Waals surface area contributed by atoms with Gasteiger partial charge in [0.05, 0.1) is 12.7 Å². The number of nitrogens with one attached hydrogen (secondary N) is 2. The van der Waals surface area contributed by atoms with Gasteiger partial charge in [0.15, 0.2) is 11.6 Å². The fraction of sp³-hybridized carbons (Fsp3) is 0.143. The third-order valence-corrected chi connectivity index (χ3v) is 4.51. The van der Waals surface area contributed by atoms with Crippen LogP contribution in [0.2, 0.25) is 5.02 Å². The van der Waals surface area contributed by atoms with E-state index in [9.17, 15) is 14.0 Å². The van der Waals surface area contributed by atoms with Gasteiger partial charge < -0.3 is 19.8 Å². The van der Waals surface area contributed by atoms with Gasteiger partial charge >= 0.3 is 0 Å². The monoisotopic (exact) mass is 416 g/mol. The van der Waals surface area contributed by atoms with Gasteiger partial charge in [-0.25, -0.2) is 4.39 Å². The molecule has 0 aliphatic heterocycles. The average molecular weight is 417 g/mol. The van der Waals surface area contributed by atoms with Crippen LogP contribution in [0.5, 0.6) is 17.2 Å². The van der Waals surface area contributed by atoms with Crippen molar-refractivity contribution >= 4 is 23.2 Å². The molecule has 0 atom stereocenters. The van der Waals surface area contributed by atoms with Gasteiger partial charge in [-0.3, -0.25) is 9.59 Å². The summed E-state index contributed by atoms with van der Waals surface area (Å²) in [5.74, 6) is -0.640. The number of carbonyl (C=O) groups excluding carboxylic acids is 1. The van der Waals surface area contributed by atoms with E-state index >= 15 is 0 Å². The van der Waals surface area contributed by atoms with Gasteiger partial charge in [0.2, 0.25) is 5.56 Å². The molecule has 150 valence electrons. The highest BCUT2D eigenvalue weighted by Crippen LogP contribution is 2.33. The van der Waals surface area contributed by atoms with E-state index in [2.05, 4.69) is 10.3 Å². The number of hydrogen-bond acceptors (Lipinski definition) is 4. The maximum absolute atomic E-state index is 14.0. The van der Waals surface area contributed by atoms with Crippen molar-refractivity contribution in [3.63, 3.8) is 0 Å². The standard InChI is InChI=1S/C21H18ClFN2O4/c1-3-12-8-19(29-14-4-5-18(28-2)17(23)10-14)15(11-16(12)22)21(27)25-13-6-7-24-20(26)9-13/h4-11H,3H2,1-2H3,(H2,24,25,26,27). The number of halogens is 2. The molecule has 29 heavy (non-hydrogen) atoms. The Bertz CT molecular complexity index is 1110. The van der Waals surface area contributed by atoms with Crippen molar-refractivity contribution in [2.75, 3.05) is 12.4 Å². The Kier molecular flexibility index (Phi) is 6.19. The maximum Gasteiger partial charge on any atom is 0.259 e. The summed E-state index contributed by atoms with van der Waals surface area (Å²) in [6.45, 7) is 1.91. The third kappa shape index (κ3) is 4.75. The molecule has 2 aromatic carbocycles. The second-order valence-electron chi connectivity index (χ2n) is 6.09. The molecule has 2 N–H and O–H groups in total. The number of rotatable bonds is 6. The van der Waals surface area contributed by atoms with E-state index in [1.807, 2.05) is 6.92 Å². The largest absolute Gasteiger partial charge is 0.494 e. The van der Waals surface area contributed by atoms with Crippen LogP contribution in [0.15, 0.2) is 53.5 Å². The topological polar surface area (TPSA) is 80.4 Å². The molecule has 8 heteroatoms. The summed E-state index contributed by atoms with van der Waals surface area (Å²) in [5, 5.41) is 3.03. The predicted octanol–water partition coefficient (Wildman–Crippen LogP) is 4.78. The molecule has 0 radical (unpaired) electrons. The molecule has 1 amide bonds. The number of ether oxygens (including phenoxy) is 2. The second kappa shape index (κ2) is 8.79. The van der Waals surface area contributed by atoms with Crippen LogP contribution in [0.4, 0.5) is 10.1 Å². The first-order chi connectivity index (χ1) is 13.9. The molecule has 0 unspecified atom stereocenters. The van der Waals surface area contributed by atoms with Crippen LogP contribution in [0, 0.1) is 5.82 Å². The summed E-state index contributed by atoms with van der Waals surface area (Å²) in [6, 6.07) is 10.0. The average Bonchev–Trinajstić information content (AvgIpc) is 2.69. The minimum Gasteiger partial charge on any atom is -0.494 e. The predicted molar refractivity (Wildman–Crippen MR) is 109 cm³/mol. The van der Waals surface area contributed by atoms with E-state index in [0.29, 0.717) is 17.1 Å². The number of pyridine rings is 1. The van der Waals surface area contributed by atoms with E-state index in [0.717, 1.165) is 11.6 Å². The Morgan fingerprint density at radius 1 is 1.17 bits per heavy atom. The van der Waals surface area contributed by atoms with Gasteiger partial charge in [0.1, 0.15) is 11.5 Å². The van der Waals surface area contributed by atoms with Crippen molar-refractivity contribution in [2.45, 2.75) is 13.3 Å². The summed E-state index contributed by atoms with van der Waals surface area (Å²) in [4.78, 5) is 26.7. The summed E-state index contributed by atoms with van der Waals surface area (Å²) in [5.41, 5.74) is 0.871. The van der Waals surface area contributed by atoms with E-state index in [-0.39, 0.29) is 28.4 Å². The van der Waals surface area contributed by atoms with Crippen LogP contribution in [0.1, 0.15) is 22.8 Å². The number of anilines is 1. The van der Waals surface area contributed by atoms with Crippen molar-refractivity contribution in [2.24, 2.45) is 0 Å². The molecule has 0 aliphatic carbocycles. The Balaban J connectivity index is 1.97. The van der Waals surface area contributed by atoms with Gasteiger partial charge in [-0.1, -0.05) is 18.5 Å². The van der Waals surface area contributed by atoms with Crippen LogP contribution in [0.3, 0.4) is 0 Å². The van der Waals surface area contributed by atoms with Crippen LogP contribution in [0.25, 0.3) is 0 Å². The number of carbonyl (C=O) groups is 1. The van der Waals surface area contributed by atoms with Crippen LogP contribution in [-0.2, 0) is 6.42 Å². The van der Waals surface area contributed by atoms with E-state index in [1.54, 1.807) is 12.1 Å². The van der Waals surface area contributed by atoms with Gasteiger partial charge in [0.25, 0.3) is 5.91 Å². The van der Waals surface area contributed by atoms with Crippen molar-refractivity contribution < 1.29 is 18.7 Å². The lowest BCUT2D eigenvalue weighted by Gasteiger charge is -2.15. The highest BCUT2D eigenvalue weighted by Gasteiger charge is 2.18. The Hall–Kier alpha value is -3.32. The molecule has 0 aliphatic rings. The summed E-state index contributed by atoms with van der Waals surface area (Å²) in [6.07, 6.45) is 2.03. The van der Waals surface area contributed by atoms with Crippen molar-refractivity contribution in [1.29, 1.82) is 0 Å². The first kappa shape index (κ1) is 20.4. The van der Waals surface area contributed by atoms with Gasteiger partial charge in [-0.2, -0.15) is 0 Å². The molecule has 3 aromatic rings. The van der Waals surface area contributed by atoms with E-state index < -0.39 is 11.7 Å². The first-order valence-electron chi connectivity index (χ1n) is 8.75. The highest BCUT2D eigenvalue weighted by molar-refractivity contribution is 6.32. The summed E-state index contributed by atoms with van der Waals surface area (Å²) in [7, 11) is 1.36. The van der Waals surface area contributed by atoms with Crippen LogP contribution >= 0.6 is 11.6 Å². The van der Waals surface area contributed by atoms with Crippen molar-refractivity contribution in [1.82, 2.24) is 4.98 Å². The number of aromatic nitrogens is 1. The SMILES string of the molecule is CCc1cc(Oc2ccc(OC)c(F)c2)c(C(=O)Nc2cc[nH]c(=O)c2)cc1Cl. The molecule has 0 fully saturated rings. The molecule has 0 saturated carbocycles. The zero-order valence-corrected chi connectivity index (χ0v) is 16.5. The van der Waals surface area contributed by atoms with Crippen molar-refractivity contribution in [3.8, 4) is 17.2 Å². The highest BCUT2D eigenvalue weighted by atomic mass is 35.5. The molecule has 1 heterocycles. The number of amides is 1. The van der Waals surface area contributed by atoms with Crippen LogP contribution in [-0.4, -0.2) is 18.0 Å². The second-order valence-corrected chi connectivity index (χ2v) is 6.49. The van der Waals surface area contributed by atoms with E-state index in [1.165, 1.54) is 37.6 Å². The molecule has 0 bridgehead atoms. The number of aryl methyl sites for hydroxylation is 1. The minimum atomic E-state index is -0.593. The quantitative estimate of drug-likeness (QED) is 0.605. The summed E-state index contributed by atoms with van der Waals surface area (Å²) >= 11 is 6.27. The summed E-state index contributed by atoms with van der Waals surface area (Å²) < 4.78 is 24.7. The molecular formula is C21H18ClFN2O4. The zero-order valence-electron chi connectivity index (χ0n) is 15.7.